The number of anilines is 2. The van der Waals surface area contributed by atoms with Crippen molar-refractivity contribution >= 4 is 23.3 Å². The first-order chi connectivity index (χ1) is 17.0. The second-order valence-electron chi connectivity index (χ2n) is 8.96. The fraction of sp³-hybridized carbons (Fsp3) is 0.462. The summed E-state index contributed by atoms with van der Waals surface area (Å²) >= 11 is 0. The summed E-state index contributed by atoms with van der Waals surface area (Å²) in [5, 5.41) is 24.7. The van der Waals surface area contributed by atoms with E-state index in [-0.39, 0.29) is 0 Å². The number of nitrogens with one attached hydrogen (secondary N) is 2. The summed E-state index contributed by atoms with van der Waals surface area (Å²) in [5.41, 5.74) is -0.813. The van der Waals surface area contributed by atoms with Gasteiger partial charge >= 0.3 is 11.9 Å². The summed E-state index contributed by atoms with van der Waals surface area (Å²) in [7, 11) is 0. The molecule has 0 saturated carbocycles. The lowest BCUT2D eigenvalue weighted by Crippen LogP contribution is -2.37. The average molecular weight is 505 g/mol. The van der Waals surface area contributed by atoms with Crippen molar-refractivity contribution in [3.63, 3.8) is 0 Å². The lowest BCUT2D eigenvalue weighted by molar-refractivity contribution is -0.152. The molecule has 10 nitrogen and oxygen atoms in total. The summed E-state index contributed by atoms with van der Waals surface area (Å²) in [6, 6.07) is 14.2. The van der Waals surface area contributed by atoms with Gasteiger partial charge in [-0.3, -0.25) is 0 Å². The molecule has 0 amide bonds. The largest absolute Gasteiger partial charge is 0.478 e. The minimum absolute atomic E-state index is 0.476. The zero-order chi connectivity index (χ0) is 26.6. The molecule has 0 aromatic heterocycles. The van der Waals surface area contributed by atoms with Gasteiger partial charge in [-0.15, -0.1) is 0 Å². The lowest BCUT2D eigenvalue weighted by Gasteiger charge is -2.21. The molecule has 0 fully saturated rings. The van der Waals surface area contributed by atoms with Gasteiger partial charge in [0.25, 0.3) is 0 Å². The normalized spacial score (nSPS) is 11.6. The molecule has 0 aliphatic rings. The molecule has 0 heterocycles. The first-order valence-electron chi connectivity index (χ1n) is 11.7. The highest BCUT2D eigenvalue weighted by molar-refractivity contribution is 5.77. The van der Waals surface area contributed by atoms with E-state index >= 15 is 0 Å². The third-order valence-electron chi connectivity index (χ3n) is 5.01. The van der Waals surface area contributed by atoms with E-state index in [9.17, 15) is 9.59 Å². The Balaban J connectivity index is 1.51. The molecule has 0 bridgehead atoms. The molecule has 36 heavy (non-hydrogen) atoms. The van der Waals surface area contributed by atoms with Crippen LogP contribution in [0, 0.1) is 0 Å². The van der Waals surface area contributed by atoms with Crippen molar-refractivity contribution < 1.29 is 38.7 Å². The van der Waals surface area contributed by atoms with Crippen molar-refractivity contribution in [2.45, 2.75) is 38.9 Å². The molecule has 0 radical (unpaired) electrons. The quantitative estimate of drug-likeness (QED) is 0.236. The van der Waals surface area contributed by atoms with Crippen LogP contribution in [0.4, 0.5) is 11.4 Å². The van der Waals surface area contributed by atoms with Gasteiger partial charge in [0.15, 0.2) is 11.2 Å². The summed E-state index contributed by atoms with van der Waals surface area (Å²) in [5.74, 6) is -1.07. The van der Waals surface area contributed by atoms with Crippen LogP contribution in [0.2, 0.25) is 0 Å². The van der Waals surface area contributed by atoms with E-state index in [4.69, 9.17) is 29.2 Å². The first-order valence-corrected chi connectivity index (χ1v) is 11.7. The number of rotatable bonds is 17. The molecular weight excluding hydrogens is 468 g/mol. The Bertz CT molecular complexity index is 879. The highest BCUT2D eigenvalue weighted by Gasteiger charge is 2.30. The van der Waals surface area contributed by atoms with Crippen LogP contribution in [0.5, 0.6) is 11.5 Å². The number of hydrogen-bond donors (Lipinski definition) is 4. The van der Waals surface area contributed by atoms with Crippen LogP contribution in [-0.4, -0.2) is 72.9 Å². The molecular formula is C26H36N2O8. The van der Waals surface area contributed by atoms with Gasteiger partial charge in [0, 0.05) is 24.5 Å². The Kier molecular flexibility index (Phi) is 10.8. The molecule has 0 atom stereocenters. The van der Waals surface area contributed by atoms with Crippen molar-refractivity contribution in [1.29, 1.82) is 0 Å². The standard InChI is InChI=1S/C26H36N2O8/c1-25(2,23(29)30)35-21-9-5-19(6-10-21)27-13-15-33-17-18-34-16-14-28-20-7-11-22(12-8-20)36-26(3,4)24(31)32/h5-12,27-28H,13-18H2,1-4H3,(H,29,30)(H,31,32). The van der Waals surface area contributed by atoms with Crippen molar-refractivity contribution in [3.8, 4) is 11.5 Å². The van der Waals surface area contributed by atoms with E-state index in [0.29, 0.717) is 51.0 Å². The van der Waals surface area contributed by atoms with Crippen LogP contribution in [0.3, 0.4) is 0 Å². The third-order valence-corrected chi connectivity index (χ3v) is 5.01. The van der Waals surface area contributed by atoms with Crippen LogP contribution in [-0.2, 0) is 19.1 Å². The monoisotopic (exact) mass is 504 g/mol. The molecule has 2 aromatic carbocycles. The zero-order valence-corrected chi connectivity index (χ0v) is 21.2. The Morgan fingerprint density at radius 2 is 0.972 bits per heavy atom. The molecule has 2 rings (SSSR count). The number of carboxylic acids is 2. The predicted molar refractivity (Wildman–Crippen MR) is 136 cm³/mol. The predicted octanol–water partition coefficient (Wildman–Crippen LogP) is 3.73. The fourth-order valence-corrected chi connectivity index (χ4v) is 2.82. The van der Waals surface area contributed by atoms with E-state index in [1.807, 2.05) is 24.3 Å². The fourth-order valence-electron chi connectivity index (χ4n) is 2.82. The van der Waals surface area contributed by atoms with Crippen molar-refractivity contribution in [2.24, 2.45) is 0 Å². The summed E-state index contributed by atoms with van der Waals surface area (Å²) in [6.45, 7) is 9.22. The van der Waals surface area contributed by atoms with E-state index in [1.165, 1.54) is 27.7 Å². The summed E-state index contributed by atoms with van der Waals surface area (Å²) < 4.78 is 22.1. The second-order valence-corrected chi connectivity index (χ2v) is 8.96. The highest BCUT2D eigenvalue weighted by atomic mass is 16.5. The average Bonchev–Trinajstić information content (AvgIpc) is 2.81. The lowest BCUT2D eigenvalue weighted by atomic mass is 10.1. The maximum absolute atomic E-state index is 11.1. The van der Waals surface area contributed by atoms with Crippen LogP contribution in [0.25, 0.3) is 0 Å². The van der Waals surface area contributed by atoms with Gasteiger partial charge < -0.3 is 39.8 Å². The Hall–Kier alpha value is -3.50. The molecule has 0 aliphatic heterocycles. The second kappa shape index (κ2) is 13.6. The van der Waals surface area contributed by atoms with E-state index < -0.39 is 23.1 Å². The van der Waals surface area contributed by atoms with Crippen molar-refractivity contribution in [1.82, 2.24) is 0 Å². The van der Waals surface area contributed by atoms with Gasteiger partial charge in [-0.05, 0) is 76.2 Å². The van der Waals surface area contributed by atoms with Crippen LogP contribution in [0.15, 0.2) is 48.5 Å². The molecule has 0 unspecified atom stereocenters. The van der Waals surface area contributed by atoms with Gasteiger partial charge in [0.1, 0.15) is 11.5 Å². The smallest absolute Gasteiger partial charge is 0.347 e. The van der Waals surface area contributed by atoms with Gasteiger partial charge in [0.2, 0.25) is 0 Å². The number of hydrogen-bond acceptors (Lipinski definition) is 8. The number of carbonyl (C=O) groups is 2. The van der Waals surface area contributed by atoms with E-state index in [1.54, 1.807) is 24.3 Å². The topological polar surface area (TPSA) is 136 Å². The highest BCUT2D eigenvalue weighted by Crippen LogP contribution is 2.22. The maximum atomic E-state index is 11.1. The van der Waals surface area contributed by atoms with Crippen LogP contribution >= 0.6 is 0 Å². The molecule has 0 saturated heterocycles. The third kappa shape index (κ3) is 10.0. The molecule has 0 spiro atoms. The van der Waals surface area contributed by atoms with Gasteiger partial charge in [-0.1, -0.05) is 0 Å². The SMILES string of the molecule is CC(C)(Oc1ccc(NCCOCCOCCNc2ccc(OC(C)(C)C(=O)O)cc2)cc1)C(=O)O. The number of carboxylic acid groups (broad SMARTS) is 2. The van der Waals surface area contributed by atoms with Gasteiger partial charge in [-0.25, -0.2) is 9.59 Å². The zero-order valence-electron chi connectivity index (χ0n) is 21.2. The molecule has 2 aromatic rings. The van der Waals surface area contributed by atoms with Gasteiger partial charge in [-0.2, -0.15) is 0 Å². The minimum Gasteiger partial charge on any atom is -0.478 e. The van der Waals surface area contributed by atoms with E-state index in [2.05, 4.69) is 10.6 Å². The molecule has 4 N–H and O–H groups in total. The maximum Gasteiger partial charge on any atom is 0.347 e. The molecule has 198 valence electrons. The van der Waals surface area contributed by atoms with Gasteiger partial charge in [0.05, 0.1) is 26.4 Å². The van der Waals surface area contributed by atoms with Crippen molar-refractivity contribution in [2.75, 3.05) is 50.2 Å². The Labute approximate surface area is 211 Å². The first kappa shape index (κ1) is 28.7. The van der Waals surface area contributed by atoms with Crippen LogP contribution in [0.1, 0.15) is 27.7 Å². The molecule has 0 aliphatic carbocycles. The van der Waals surface area contributed by atoms with Crippen molar-refractivity contribution in [3.05, 3.63) is 48.5 Å². The summed E-state index contributed by atoms with van der Waals surface area (Å²) in [4.78, 5) is 22.3. The summed E-state index contributed by atoms with van der Waals surface area (Å²) in [6.07, 6.45) is 0. The molecule has 10 heteroatoms. The number of ether oxygens (including phenoxy) is 4. The van der Waals surface area contributed by atoms with E-state index in [0.717, 1.165) is 11.4 Å². The Morgan fingerprint density at radius 3 is 1.28 bits per heavy atom. The minimum atomic E-state index is -1.29. The Morgan fingerprint density at radius 1 is 0.639 bits per heavy atom. The number of benzene rings is 2. The van der Waals surface area contributed by atoms with Crippen LogP contribution < -0.4 is 20.1 Å². The number of aliphatic carboxylic acids is 2.